The van der Waals surface area contributed by atoms with Crippen molar-refractivity contribution in [2.24, 2.45) is 0 Å². The van der Waals surface area contributed by atoms with Crippen molar-refractivity contribution in [3.05, 3.63) is 46.2 Å². The molecule has 25 heavy (non-hydrogen) atoms. The third kappa shape index (κ3) is 4.74. The van der Waals surface area contributed by atoms with Crippen LogP contribution in [0.15, 0.2) is 35.7 Å². The van der Waals surface area contributed by atoms with Gasteiger partial charge in [0.05, 0.1) is 26.2 Å². The highest BCUT2D eigenvalue weighted by atomic mass is 32.1. The predicted octanol–water partition coefficient (Wildman–Crippen LogP) is 2.25. The Morgan fingerprint density at radius 2 is 1.68 bits per heavy atom. The number of benzene rings is 1. The lowest BCUT2D eigenvalue weighted by Crippen LogP contribution is -2.40. The molecular weight excluding hydrogens is 344 g/mol. The molecule has 0 aliphatic rings. The number of carbonyl (C=O) groups excluding carboxylic acids is 2. The van der Waals surface area contributed by atoms with Gasteiger partial charge in [-0.2, -0.15) is 0 Å². The van der Waals surface area contributed by atoms with Crippen LogP contribution in [0.4, 0.5) is 0 Å². The van der Waals surface area contributed by atoms with Crippen LogP contribution in [0.2, 0.25) is 0 Å². The number of ether oxygens (including phenoxy) is 3. The van der Waals surface area contributed by atoms with Crippen molar-refractivity contribution in [1.82, 2.24) is 10.9 Å². The number of nitrogens with one attached hydrogen (secondary N) is 2. The second kappa shape index (κ2) is 8.74. The third-order valence-electron chi connectivity index (χ3n) is 3.19. The van der Waals surface area contributed by atoms with Crippen molar-refractivity contribution in [2.75, 3.05) is 21.3 Å². The van der Waals surface area contributed by atoms with Crippen LogP contribution in [0.1, 0.15) is 15.2 Å². The Morgan fingerprint density at radius 3 is 2.28 bits per heavy atom. The standard InChI is InChI=1S/C17H18N2O5S/c1-22-12-10-14(24-3)13(23-2)9-11(12)6-7-16(20)18-19-17(21)15-5-4-8-25-15/h4-10H,1-3H3,(H,18,20)(H,19,21)/b7-6+. The minimum absolute atomic E-state index is 0.375. The fourth-order valence-electron chi connectivity index (χ4n) is 1.98. The van der Waals surface area contributed by atoms with E-state index in [9.17, 15) is 9.59 Å². The van der Waals surface area contributed by atoms with Crippen LogP contribution < -0.4 is 25.1 Å². The largest absolute Gasteiger partial charge is 0.496 e. The number of hydrogen-bond acceptors (Lipinski definition) is 6. The third-order valence-corrected chi connectivity index (χ3v) is 4.06. The molecule has 2 amide bonds. The summed E-state index contributed by atoms with van der Waals surface area (Å²) in [6.07, 6.45) is 2.83. The van der Waals surface area contributed by atoms with Crippen LogP contribution in [0.25, 0.3) is 6.08 Å². The van der Waals surface area contributed by atoms with Crippen LogP contribution in [-0.2, 0) is 4.79 Å². The normalized spacial score (nSPS) is 10.4. The average molecular weight is 362 g/mol. The molecule has 0 fully saturated rings. The summed E-state index contributed by atoms with van der Waals surface area (Å²) in [5, 5.41) is 1.78. The molecule has 0 atom stereocenters. The molecule has 132 valence electrons. The van der Waals surface area contributed by atoms with Gasteiger partial charge in [0.2, 0.25) is 0 Å². The van der Waals surface area contributed by atoms with Crippen molar-refractivity contribution in [2.45, 2.75) is 0 Å². The summed E-state index contributed by atoms with van der Waals surface area (Å²) in [5.41, 5.74) is 5.27. The van der Waals surface area contributed by atoms with E-state index >= 15 is 0 Å². The van der Waals surface area contributed by atoms with Gasteiger partial charge >= 0.3 is 0 Å². The number of thiophene rings is 1. The van der Waals surface area contributed by atoms with E-state index in [0.29, 0.717) is 27.7 Å². The van der Waals surface area contributed by atoms with Crippen molar-refractivity contribution in [3.63, 3.8) is 0 Å². The van der Waals surface area contributed by atoms with E-state index in [-0.39, 0.29) is 5.91 Å². The van der Waals surface area contributed by atoms with Crippen LogP contribution in [0, 0.1) is 0 Å². The molecule has 0 aliphatic heterocycles. The SMILES string of the molecule is COc1cc(OC)c(OC)cc1/C=C/C(=O)NNC(=O)c1cccs1. The van der Waals surface area contributed by atoms with Crippen LogP contribution >= 0.6 is 11.3 Å². The Bertz CT molecular complexity index is 772. The quantitative estimate of drug-likeness (QED) is 0.608. The number of methoxy groups -OCH3 is 3. The summed E-state index contributed by atoms with van der Waals surface area (Å²) in [7, 11) is 4.56. The monoisotopic (exact) mass is 362 g/mol. The highest BCUT2D eigenvalue weighted by molar-refractivity contribution is 7.12. The molecule has 1 aromatic heterocycles. The molecule has 0 spiro atoms. The Kier molecular flexibility index (Phi) is 6.41. The van der Waals surface area contributed by atoms with E-state index in [0.717, 1.165) is 0 Å². The van der Waals surface area contributed by atoms with Gasteiger partial charge in [-0.1, -0.05) is 6.07 Å². The van der Waals surface area contributed by atoms with E-state index < -0.39 is 5.91 Å². The highest BCUT2D eigenvalue weighted by Gasteiger charge is 2.11. The summed E-state index contributed by atoms with van der Waals surface area (Å²) in [6, 6.07) is 6.77. The summed E-state index contributed by atoms with van der Waals surface area (Å²) < 4.78 is 15.7. The van der Waals surface area contributed by atoms with Crippen molar-refractivity contribution in [1.29, 1.82) is 0 Å². The smallest absolute Gasteiger partial charge is 0.279 e. The Labute approximate surface area is 149 Å². The van der Waals surface area contributed by atoms with E-state index in [4.69, 9.17) is 14.2 Å². The molecule has 8 heteroatoms. The first-order chi connectivity index (χ1) is 12.1. The summed E-state index contributed by atoms with van der Waals surface area (Å²) >= 11 is 1.28. The lowest BCUT2D eigenvalue weighted by Gasteiger charge is -2.12. The zero-order valence-corrected chi connectivity index (χ0v) is 14.8. The van der Waals surface area contributed by atoms with E-state index in [1.807, 2.05) is 0 Å². The minimum Gasteiger partial charge on any atom is -0.496 e. The Morgan fingerprint density at radius 1 is 1.00 bits per heavy atom. The molecule has 2 N–H and O–H groups in total. The van der Waals surface area contributed by atoms with Gasteiger partial charge in [0.25, 0.3) is 11.8 Å². The topological polar surface area (TPSA) is 85.9 Å². The first kappa shape index (κ1) is 18.3. The maximum Gasteiger partial charge on any atom is 0.279 e. The minimum atomic E-state index is -0.484. The molecular formula is C17H18N2O5S. The van der Waals surface area contributed by atoms with Gasteiger partial charge in [-0.25, -0.2) is 0 Å². The van der Waals surface area contributed by atoms with Gasteiger partial charge < -0.3 is 14.2 Å². The van der Waals surface area contributed by atoms with Crippen molar-refractivity contribution < 1.29 is 23.8 Å². The molecule has 0 radical (unpaired) electrons. The average Bonchev–Trinajstić information content (AvgIpc) is 3.18. The van der Waals surface area contributed by atoms with E-state index in [1.54, 1.807) is 35.7 Å². The number of amides is 2. The van der Waals surface area contributed by atoms with Gasteiger partial charge in [-0.15, -0.1) is 11.3 Å². The van der Waals surface area contributed by atoms with Gasteiger partial charge in [0.1, 0.15) is 5.75 Å². The van der Waals surface area contributed by atoms with Gasteiger partial charge in [-0.05, 0) is 23.6 Å². The number of hydrazine groups is 1. The molecule has 2 rings (SSSR count). The first-order valence-corrected chi connectivity index (χ1v) is 8.09. The number of rotatable bonds is 6. The molecule has 0 aliphatic carbocycles. The maximum absolute atomic E-state index is 11.9. The maximum atomic E-state index is 11.9. The molecule has 0 unspecified atom stereocenters. The molecule has 0 saturated heterocycles. The molecule has 0 bridgehead atoms. The number of carbonyl (C=O) groups is 2. The fourth-order valence-corrected chi connectivity index (χ4v) is 2.60. The van der Waals surface area contributed by atoms with Crippen LogP contribution in [0.5, 0.6) is 17.2 Å². The van der Waals surface area contributed by atoms with Crippen molar-refractivity contribution in [3.8, 4) is 17.2 Å². The molecule has 2 aromatic rings. The molecule has 0 saturated carbocycles. The predicted molar refractivity (Wildman–Crippen MR) is 95.1 cm³/mol. The van der Waals surface area contributed by atoms with E-state index in [2.05, 4.69) is 10.9 Å². The second-order valence-electron chi connectivity index (χ2n) is 4.70. The lowest BCUT2D eigenvalue weighted by molar-refractivity contribution is -0.117. The molecule has 1 heterocycles. The van der Waals surface area contributed by atoms with Crippen LogP contribution in [0.3, 0.4) is 0 Å². The highest BCUT2D eigenvalue weighted by Crippen LogP contribution is 2.35. The number of hydrogen-bond donors (Lipinski definition) is 2. The van der Waals surface area contributed by atoms with Crippen LogP contribution in [-0.4, -0.2) is 33.1 Å². The molecule has 1 aromatic carbocycles. The van der Waals surface area contributed by atoms with Crippen molar-refractivity contribution >= 4 is 29.2 Å². The summed E-state index contributed by atoms with van der Waals surface area (Å²) in [5.74, 6) is 0.685. The molecule has 7 nitrogen and oxygen atoms in total. The first-order valence-electron chi connectivity index (χ1n) is 7.21. The summed E-state index contributed by atoms with van der Waals surface area (Å²) in [4.78, 5) is 24.1. The van der Waals surface area contributed by atoms with Gasteiger partial charge in [0, 0.05) is 17.7 Å². The second-order valence-corrected chi connectivity index (χ2v) is 5.65. The van der Waals surface area contributed by atoms with Gasteiger partial charge in [0.15, 0.2) is 11.5 Å². The summed E-state index contributed by atoms with van der Waals surface area (Å²) in [6.45, 7) is 0. The lowest BCUT2D eigenvalue weighted by atomic mass is 10.1. The Hall–Kier alpha value is -3.00. The van der Waals surface area contributed by atoms with Gasteiger partial charge in [-0.3, -0.25) is 20.4 Å². The Balaban J connectivity index is 2.04. The van der Waals surface area contributed by atoms with E-state index in [1.165, 1.54) is 38.7 Å². The zero-order chi connectivity index (χ0) is 18.2. The zero-order valence-electron chi connectivity index (χ0n) is 14.0. The fraction of sp³-hybridized carbons (Fsp3) is 0.176.